The highest BCUT2D eigenvalue weighted by molar-refractivity contribution is 6.33. The molecule has 2 rings (SSSR count). The number of benzene rings is 2. The van der Waals surface area contributed by atoms with Crippen LogP contribution >= 0.6 is 11.6 Å². The second-order valence-electron chi connectivity index (χ2n) is 4.84. The Bertz CT molecular complexity index is 825. The maximum Gasteiger partial charge on any atom is 0.338 e. The molecule has 0 aliphatic carbocycles. The lowest BCUT2D eigenvalue weighted by Crippen LogP contribution is -2.21. The van der Waals surface area contributed by atoms with Gasteiger partial charge in [-0.25, -0.2) is 4.79 Å². The van der Waals surface area contributed by atoms with Crippen LogP contribution in [-0.2, 0) is 9.53 Å². The predicted octanol–water partition coefficient (Wildman–Crippen LogP) is 3.09. The van der Waals surface area contributed by atoms with E-state index in [9.17, 15) is 19.7 Å². The molecule has 0 aromatic heterocycles. The zero-order valence-corrected chi connectivity index (χ0v) is 13.9. The Kier molecular flexibility index (Phi) is 5.91. The summed E-state index contributed by atoms with van der Waals surface area (Å²) < 4.78 is 4.87. The maximum absolute atomic E-state index is 12.0. The largest absolute Gasteiger partial charge is 0.452 e. The van der Waals surface area contributed by atoms with Crippen molar-refractivity contribution in [3.8, 4) is 0 Å². The number of nitro groups is 1. The van der Waals surface area contributed by atoms with Crippen molar-refractivity contribution in [2.24, 2.45) is 0 Å². The number of esters is 1. The van der Waals surface area contributed by atoms with E-state index in [0.717, 1.165) is 6.07 Å². The van der Waals surface area contributed by atoms with Crippen molar-refractivity contribution >= 4 is 40.5 Å². The number of para-hydroxylation sites is 1. The van der Waals surface area contributed by atoms with E-state index in [2.05, 4.69) is 10.6 Å². The third-order valence-corrected chi connectivity index (χ3v) is 3.51. The number of nitrogens with zero attached hydrogens (tertiary/aromatic N) is 1. The lowest BCUT2D eigenvalue weighted by Gasteiger charge is -2.08. The van der Waals surface area contributed by atoms with Crippen LogP contribution in [0.3, 0.4) is 0 Å². The minimum absolute atomic E-state index is 0.0313. The predicted molar refractivity (Wildman–Crippen MR) is 93.0 cm³/mol. The number of carbonyl (C=O) groups is 2. The molecule has 0 saturated carbocycles. The Morgan fingerprint density at radius 2 is 1.92 bits per heavy atom. The maximum atomic E-state index is 12.0. The molecule has 0 spiro atoms. The van der Waals surface area contributed by atoms with Crippen molar-refractivity contribution in [3.63, 3.8) is 0 Å². The average molecular weight is 364 g/mol. The van der Waals surface area contributed by atoms with Gasteiger partial charge in [0, 0.05) is 13.1 Å². The van der Waals surface area contributed by atoms with Crippen LogP contribution in [0.15, 0.2) is 42.5 Å². The fourth-order valence-electron chi connectivity index (χ4n) is 1.98. The number of carbonyl (C=O) groups excluding carboxylic acids is 2. The molecule has 0 aliphatic rings. The van der Waals surface area contributed by atoms with Gasteiger partial charge in [0.25, 0.3) is 11.6 Å². The number of ether oxygens (including phenoxy) is 1. The fraction of sp³-hybridized carbons (Fsp3) is 0.125. The van der Waals surface area contributed by atoms with Gasteiger partial charge in [0.15, 0.2) is 6.61 Å². The molecule has 0 unspecified atom stereocenters. The van der Waals surface area contributed by atoms with E-state index in [-0.39, 0.29) is 16.9 Å². The van der Waals surface area contributed by atoms with Gasteiger partial charge < -0.3 is 15.4 Å². The molecule has 0 bridgehead atoms. The summed E-state index contributed by atoms with van der Waals surface area (Å²) in [5, 5.41) is 16.5. The smallest absolute Gasteiger partial charge is 0.338 e. The molecule has 130 valence electrons. The minimum atomic E-state index is -0.847. The normalized spacial score (nSPS) is 10.0. The summed E-state index contributed by atoms with van der Waals surface area (Å²) in [7, 11) is 1.53. The molecular formula is C16H14ClN3O5. The van der Waals surface area contributed by atoms with Crippen molar-refractivity contribution in [2.75, 3.05) is 24.3 Å². The molecule has 8 nitrogen and oxygen atoms in total. The summed E-state index contributed by atoms with van der Waals surface area (Å²) in [6, 6.07) is 10.4. The van der Waals surface area contributed by atoms with Gasteiger partial charge in [0.2, 0.25) is 0 Å². The summed E-state index contributed by atoms with van der Waals surface area (Å²) in [5.41, 5.74) is 0.353. The monoisotopic (exact) mass is 363 g/mol. The van der Waals surface area contributed by atoms with Crippen LogP contribution in [0, 0.1) is 10.1 Å². The molecule has 9 heteroatoms. The third kappa shape index (κ3) is 4.67. The molecule has 0 fully saturated rings. The van der Waals surface area contributed by atoms with Crippen molar-refractivity contribution in [2.45, 2.75) is 0 Å². The van der Waals surface area contributed by atoms with Crippen LogP contribution < -0.4 is 10.6 Å². The Morgan fingerprint density at radius 1 is 1.20 bits per heavy atom. The van der Waals surface area contributed by atoms with E-state index in [0.29, 0.717) is 10.7 Å². The highest BCUT2D eigenvalue weighted by Crippen LogP contribution is 2.25. The molecule has 0 heterocycles. The molecule has 2 aromatic rings. The number of amides is 1. The van der Waals surface area contributed by atoms with Gasteiger partial charge in [-0.3, -0.25) is 14.9 Å². The van der Waals surface area contributed by atoms with Crippen molar-refractivity contribution in [1.82, 2.24) is 0 Å². The van der Waals surface area contributed by atoms with E-state index in [1.54, 1.807) is 24.3 Å². The lowest BCUT2D eigenvalue weighted by molar-refractivity contribution is -0.384. The number of anilines is 2. The van der Waals surface area contributed by atoms with Crippen LogP contribution in [0.2, 0.25) is 5.02 Å². The summed E-state index contributed by atoms with van der Waals surface area (Å²) in [5.74, 6) is -1.43. The van der Waals surface area contributed by atoms with Gasteiger partial charge in [-0.2, -0.15) is 0 Å². The second kappa shape index (κ2) is 8.11. The Balaban J connectivity index is 2.00. The van der Waals surface area contributed by atoms with Gasteiger partial charge in [0.1, 0.15) is 5.69 Å². The molecule has 0 radical (unpaired) electrons. The summed E-state index contributed by atoms with van der Waals surface area (Å²) in [6.07, 6.45) is 0. The van der Waals surface area contributed by atoms with Crippen LogP contribution in [0.5, 0.6) is 0 Å². The van der Waals surface area contributed by atoms with Crippen LogP contribution in [0.1, 0.15) is 10.4 Å². The van der Waals surface area contributed by atoms with Gasteiger partial charge in [-0.05, 0) is 24.3 Å². The van der Waals surface area contributed by atoms with E-state index >= 15 is 0 Å². The Labute approximate surface area is 147 Å². The zero-order chi connectivity index (χ0) is 18.4. The standard InChI is InChI=1S/C16H14ClN3O5/c1-18-13-7-6-10(8-14(13)20(23)24)16(22)25-9-15(21)19-12-5-3-2-4-11(12)17/h2-8,18H,9H2,1H3,(H,19,21). The van der Waals surface area contributed by atoms with Gasteiger partial charge in [-0.1, -0.05) is 23.7 Å². The molecule has 0 saturated heterocycles. The Morgan fingerprint density at radius 3 is 2.56 bits per heavy atom. The van der Waals surface area contributed by atoms with E-state index in [4.69, 9.17) is 16.3 Å². The zero-order valence-electron chi connectivity index (χ0n) is 13.1. The summed E-state index contributed by atoms with van der Waals surface area (Å²) in [6.45, 7) is -0.550. The number of halogens is 1. The minimum Gasteiger partial charge on any atom is -0.452 e. The van der Waals surface area contributed by atoms with Crippen molar-refractivity contribution in [1.29, 1.82) is 0 Å². The molecule has 0 atom stereocenters. The van der Waals surface area contributed by atoms with Crippen molar-refractivity contribution < 1.29 is 19.2 Å². The number of rotatable bonds is 6. The van der Waals surface area contributed by atoms with E-state index in [1.807, 2.05) is 0 Å². The highest BCUT2D eigenvalue weighted by Gasteiger charge is 2.18. The quantitative estimate of drug-likeness (QED) is 0.463. The average Bonchev–Trinajstić information content (AvgIpc) is 2.61. The summed E-state index contributed by atoms with van der Waals surface area (Å²) >= 11 is 5.91. The first-order chi connectivity index (χ1) is 11.9. The van der Waals surface area contributed by atoms with Gasteiger partial charge in [0.05, 0.1) is 21.2 Å². The number of hydrogen-bond donors (Lipinski definition) is 2. The first-order valence-corrected chi connectivity index (χ1v) is 7.48. The number of hydrogen-bond acceptors (Lipinski definition) is 6. The summed E-state index contributed by atoms with van der Waals surface area (Å²) in [4.78, 5) is 34.2. The first kappa shape index (κ1) is 18.2. The topological polar surface area (TPSA) is 111 Å². The molecular weight excluding hydrogens is 350 g/mol. The molecule has 0 aliphatic heterocycles. The number of nitrogens with one attached hydrogen (secondary N) is 2. The lowest BCUT2D eigenvalue weighted by atomic mass is 10.1. The number of nitro benzene ring substituents is 1. The molecule has 1 amide bonds. The van der Waals surface area contributed by atoms with Gasteiger partial charge in [-0.15, -0.1) is 0 Å². The van der Waals surface area contributed by atoms with Crippen LogP contribution in [-0.4, -0.2) is 30.5 Å². The van der Waals surface area contributed by atoms with E-state index in [1.165, 1.54) is 19.2 Å². The highest BCUT2D eigenvalue weighted by atomic mass is 35.5. The Hall–Kier alpha value is -3.13. The molecule has 2 N–H and O–H groups in total. The SMILES string of the molecule is CNc1ccc(C(=O)OCC(=O)Nc2ccccc2Cl)cc1[N+](=O)[O-]. The van der Waals surface area contributed by atoms with Crippen LogP contribution in [0.4, 0.5) is 17.1 Å². The first-order valence-electron chi connectivity index (χ1n) is 7.10. The third-order valence-electron chi connectivity index (χ3n) is 3.18. The second-order valence-corrected chi connectivity index (χ2v) is 5.25. The van der Waals surface area contributed by atoms with Crippen molar-refractivity contribution in [3.05, 3.63) is 63.2 Å². The fourth-order valence-corrected chi connectivity index (χ4v) is 2.17. The molecule has 2 aromatic carbocycles. The van der Waals surface area contributed by atoms with Gasteiger partial charge >= 0.3 is 5.97 Å². The van der Waals surface area contributed by atoms with E-state index < -0.39 is 23.4 Å². The molecule has 25 heavy (non-hydrogen) atoms. The van der Waals surface area contributed by atoms with Crippen LogP contribution in [0.25, 0.3) is 0 Å².